The summed E-state index contributed by atoms with van der Waals surface area (Å²) in [5, 5.41) is 8.27. The zero-order valence-electron chi connectivity index (χ0n) is 16.0. The van der Waals surface area contributed by atoms with Crippen molar-refractivity contribution in [2.75, 3.05) is 10.6 Å². The van der Waals surface area contributed by atoms with E-state index in [-0.39, 0.29) is 23.6 Å². The van der Waals surface area contributed by atoms with Crippen molar-refractivity contribution in [3.05, 3.63) is 59.7 Å². The lowest BCUT2D eigenvalue weighted by Gasteiger charge is -2.22. The van der Waals surface area contributed by atoms with Gasteiger partial charge < -0.3 is 16.0 Å². The zero-order valence-corrected chi connectivity index (χ0v) is 16.0. The third-order valence-electron chi connectivity index (χ3n) is 4.02. The second kappa shape index (κ2) is 8.98. The van der Waals surface area contributed by atoms with E-state index < -0.39 is 6.04 Å². The first-order valence-corrected chi connectivity index (χ1v) is 8.82. The molecule has 0 aliphatic carbocycles. The number of hydrogen-bond acceptors (Lipinski definition) is 3. The van der Waals surface area contributed by atoms with Crippen LogP contribution in [0.4, 0.5) is 11.4 Å². The van der Waals surface area contributed by atoms with Crippen LogP contribution in [0.3, 0.4) is 0 Å². The van der Waals surface area contributed by atoms with Crippen LogP contribution in [0, 0.1) is 12.8 Å². The summed E-state index contributed by atoms with van der Waals surface area (Å²) in [6, 6.07) is 13.3. The van der Waals surface area contributed by atoms with Crippen LogP contribution < -0.4 is 16.0 Å². The van der Waals surface area contributed by atoms with E-state index in [1.54, 1.807) is 36.4 Å². The maximum absolute atomic E-state index is 12.6. The molecule has 2 aromatic carbocycles. The Bertz CT molecular complexity index is 812. The van der Waals surface area contributed by atoms with Crippen LogP contribution in [0.1, 0.15) is 36.7 Å². The van der Waals surface area contributed by atoms with E-state index in [2.05, 4.69) is 16.0 Å². The van der Waals surface area contributed by atoms with Gasteiger partial charge in [-0.2, -0.15) is 0 Å². The van der Waals surface area contributed by atoms with Gasteiger partial charge in [-0.1, -0.05) is 31.5 Å². The molecule has 0 heterocycles. The van der Waals surface area contributed by atoms with Gasteiger partial charge in [-0.15, -0.1) is 0 Å². The minimum atomic E-state index is -0.672. The summed E-state index contributed by atoms with van der Waals surface area (Å²) in [7, 11) is 0. The van der Waals surface area contributed by atoms with Crippen molar-refractivity contribution < 1.29 is 14.4 Å². The molecule has 0 aliphatic rings. The molecule has 0 radical (unpaired) electrons. The quantitative estimate of drug-likeness (QED) is 0.732. The standard InChI is InChI=1S/C21H25N3O3/c1-13(2)19(24-20(26)16-7-5-14(3)6-8-16)21(27)23-18-11-9-17(10-12-18)22-15(4)25/h5-13,19H,1-4H3,(H,22,25)(H,23,27)(H,24,26). The predicted octanol–water partition coefficient (Wildman–Crippen LogP) is 3.35. The Morgan fingerprint density at radius 2 is 1.33 bits per heavy atom. The fourth-order valence-electron chi connectivity index (χ4n) is 2.52. The Morgan fingerprint density at radius 1 is 0.815 bits per heavy atom. The number of aryl methyl sites for hydroxylation is 1. The summed E-state index contributed by atoms with van der Waals surface area (Å²) in [4.78, 5) is 36.1. The van der Waals surface area contributed by atoms with Gasteiger partial charge in [-0.25, -0.2) is 0 Å². The topological polar surface area (TPSA) is 87.3 Å². The molecule has 142 valence electrons. The molecule has 6 nitrogen and oxygen atoms in total. The van der Waals surface area contributed by atoms with Crippen molar-refractivity contribution in [1.29, 1.82) is 0 Å². The Labute approximate surface area is 159 Å². The first kappa shape index (κ1) is 20.2. The highest BCUT2D eigenvalue weighted by molar-refractivity contribution is 6.01. The smallest absolute Gasteiger partial charge is 0.251 e. The molecule has 2 aromatic rings. The molecular weight excluding hydrogens is 342 g/mol. The molecule has 0 saturated heterocycles. The Kier molecular flexibility index (Phi) is 6.71. The highest BCUT2D eigenvalue weighted by Gasteiger charge is 2.24. The molecule has 1 unspecified atom stereocenters. The van der Waals surface area contributed by atoms with Crippen molar-refractivity contribution in [2.45, 2.75) is 33.7 Å². The van der Waals surface area contributed by atoms with Crippen molar-refractivity contribution in [2.24, 2.45) is 5.92 Å². The van der Waals surface area contributed by atoms with E-state index >= 15 is 0 Å². The zero-order chi connectivity index (χ0) is 20.0. The summed E-state index contributed by atoms with van der Waals surface area (Å²) in [6.07, 6.45) is 0. The second-order valence-corrected chi connectivity index (χ2v) is 6.81. The number of amides is 3. The number of carbonyl (C=O) groups excluding carboxylic acids is 3. The van der Waals surface area contributed by atoms with Crippen LogP contribution in [-0.2, 0) is 9.59 Å². The van der Waals surface area contributed by atoms with Gasteiger partial charge in [0, 0.05) is 23.9 Å². The molecule has 1 atom stereocenters. The van der Waals surface area contributed by atoms with Crippen LogP contribution >= 0.6 is 0 Å². The minimum absolute atomic E-state index is 0.0851. The fourth-order valence-corrected chi connectivity index (χ4v) is 2.52. The summed E-state index contributed by atoms with van der Waals surface area (Å²) < 4.78 is 0. The van der Waals surface area contributed by atoms with E-state index in [0.717, 1.165) is 5.56 Å². The van der Waals surface area contributed by atoms with Gasteiger partial charge in [0.05, 0.1) is 0 Å². The molecule has 0 saturated carbocycles. The van der Waals surface area contributed by atoms with Crippen LogP contribution in [0.2, 0.25) is 0 Å². The number of nitrogens with one attached hydrogen (secondary N) is 3. The number of carbonyl (C=O) groups is 3. The lowest BCUT2D eigenvalue weighted by atomic mass is 10.0. The maximum Gasteiger partial charge on any atom is 0.251 e. The normalized spacial score (nSPS) is 11.6. The average molecular weight is 367 g/mol. The van der Waals surface area contributed by atoms with E-state index in [9.17, 15) is 14.4 Å². The number of anilines is 2. The van der Waals surface area contributed by atoms with Crippen LogP contribution in [0.15, 0.2) is 48.5 Å². The number of benzene rings is 2. The third-order valence-corrected chi connectivity index (χ3v) is 4.02. The summed E-state index contributed by atoms with van der Waals surface area (Å²) >= 11 is 0. The lowest BCUT2D eigenvalue weighted by molar-refractivity contribution is -0.119. The third kappa shape index (κ3) is 5.95. The van der Waals surface area contributed by atoms with Crippen molar-refractivity contribution in [1.82, 2.24) is 5.32 Å². The van der Waals surface area contributed by atoms with E-state index in [0.29, 0.717) is 16.9 Å². The maximum atomic E-state index is 12.6. The first-order valence-electron chi connectivity index (χ1n) is 8.82. The van der Waals surface area contributed by atoms with Crippen LogP contribution in [0.25, 0.3) is 0 Å². The largest absolute Gasteiger partial charge is 0.340 e. The molecule has 0 aliphatic heterocycles. The Hall–Kier alpha value is -3.15. The fraction of sp³-hybridized carbons (Fsp3) is 0.286. The summed E-state index contributed by atoms with van der Waals surface area (Å²) in [6.45, 7) is 7.13. The van der Waals surface area contributed by atoms with Gasteiger partial charge in [0.15, 0.2) is 0 Å². The second-order valence-electron chi connectivity index (χ2n) is 6.81. The summed E-state index contributed by atoms with van der Waals surface area (Å²) in [5.41, 5.74) is 2.81. The Morgan fingerprint density at radius 3 is 1.81 bits per heavy atom. The predicted molar refractivity (Wildman–Crippen MR) is 107 cm³/mol. The summed E-state index contributed by atoms with van der Waals surface area (Å²) in [5.74, 6) is -0.828. The molecule has 27 heavy (non-hydrogen) atoms. The molecule has 0 aromatic heterocycles. The highest BCUT2D eigenvalue weighted by Crippen LogP contribution is 2.15. The van der Waals surface area contributed by atoms with E-state index in [1.807, 2.05) is 32.9 Å². The molecule has 0 bridgehead atoms. The van der Waals surface area contributed by atoms with Gasteiger partial charge >= 0.3 is 0 Å². The van der Waals surface area contributed by atoms with Gasteiger partial charge in [0.2, 0.25) is 11.8 Å². The highest BCUT2D eigenvalue weighted by atomic mass is 16.2. The lowest BCUT2D eigenvalue weighted by Crippen LogP contribution is -2.47. The number of rotatable bonds is 6. The average Bonchev–Trinajstić information content (AvgIpc) is 2.61. The minimum Gasteiger partial charge on any atom is -0.340 e. The monoisotopic (exact) mass is 367 g/mol. The molecule has 3 N–H and O–H groups in total. The van der Waals surface area contributed by atoms with E-state index in [1.165, 1.54) is 6.92 Å². The van der Waals surface area contributed by atoms with Crippen molar-refractivity contribution in [3.8, 4) is 0 Å². The molecule has 3 amide bonds. The van der Waals surface area contributed by atoms with Gasteiger partial charge in [0.25, 0.3) is 5.91 Å². The van der Waals surface area contributed by atoms with Crippen molar-refractivity contribution in [3.63, 3.8) is 0 Å². The van der Waals surface area contributed by atoms with Gasteiger partial charge in [-0.05, 0) is 49.2 Å². The molecule has 0 spiro atoms. The molecule has 2 rings (SSSR count). The van der Waals surface area contributed by atoms with Crippen molar-refractivity contribution >= 4 is 29.1 Å². The SMILES string of the molecule is CC(=O)Nc1ccc(NC(=O)C(NC(=O)c2ccc(C)cc2)C(C)C)cc1. The molecule has 6 heteroatoms. The van der Waals surface area contributed by atoms with Gasteiger partial charge in [-0.3, -0.25) is 14.4 Å². The molecule has 0 fully saturated rings. The van der Waals surface area contributed by atoms with Crippen LogP contribution in [-0.4, -0.2) is 23.8 Å². The number of hydrogen-bond donors (Lipinski definition) is 3. The first-order chi connectivity index (χ1) is 12.8. The Balaban J connectivity index is 2.04. The van der Waals surface area contributed by atoms with Crippen LogP contribution in [0.5, 0.6) is 0 Å². The van der Waals surface area contributed by atoms with E-state index in [4.69, 9.17) is 0 Å². The van der Waals surface area contributed by atoms with Gasteiger partial charge in [0.1, 0.15) is 6.04 Å². The molecular formula is C21H25N3O3.